The molecule has 0 unspecified atom stereocenters. The third-order valence-electron chi connectivity index (χ3n) is 11.2. The van der Waals surface area contributed by atoms with Crippen molar-refractivity contribution >= 4 is 52.5 Å². The maximum Gasteiger partial charge on any atom is 0.244 e. The molecular formula is C44H66N8O6S. The smallest absolute Gasteiger partial charge is 0.244 e. The van der Waals surface area contributed by atoms with E-state index in [-0.39, 0.29) is 48.2 Å². The summed E-state index contributed by atoms with van der Waals surface area (Å²) in [5.74, 6) is -2.78. The van der Waals surface area contributed by atoms with Gasteiger partial charge < -0.3 is 31.5 Å². The van der Waals surface area contributed by atoms with Gasteiger partial charge in [0.15, 0.2) is 0 Å². The molecule has 15 heteroatoms. The molecule has 1 aromatic heterocycles. The first-order valence-electron chi connectivity index (χ1n) is 20.9. The highest BCUT2D eigenvalue weighted by Crippen LogP contribution is 2.29. The second kappa shape index (κ2) is 20.1. The zero-order chi connectivity index (χ0) is 43.8. The molecule has 2 aromatic rings. The van der Waals surface area contributed by atoms with Gasteiger partial charge in [0.2, 0.25) is 29.5 Å². The number of nitrogens with zero attached hydrogens (tertiary/aromatic N) is 3. The summed E-state index contributed by atoms with van der Waals surface area (Å²) in [6, 6.07) is 4.15. The molecule has 0 aliphatic carbocycles. The standard InChI is InChI=1S/C44H66N8O6S/c1-12-16-29(53)23-30(42-45-20-22-59-42)47-39(56)33(27(5)28-17-14-13-15-18-28)49-41(58)36(44(9,10)11)50-37-35(43(6,7)8)51-38(55)32(25(2)3)48-40(57)34-26(4)19-21-52(34)31(54)24-46-37/h13-15,17-18,20,22,25-27,30,32-36H,12,16,19,21,23-24H2,1-11H3,(H,46,50)(H,47,56)(H,48,57)(H,49,58)(H,51,55)/t26-,27+,30-,32+,33+,34+,35-,36-/m1/s1. The molecule has 0 spiro atoms. The Morgan fingerprint density at radius 3 is 2.20 bits per heavy atom. The zero-order valence-corrected chi connectivity index (χ0v) is 37.5. The van der Waals surface area contributed by atoms with Crippen LogP contribution in [0.25, 0.3) is 0 Å². The number of aliphatic imine (C=N–C) groups is 1. The number of carbonyl (C=O) groups is 6. The number of aromatic nitrogens is 1. The lowest BCUT2D eigenvalue weighted by Crippen LogP contribution is -2.65. The Kier molecular flexibility index (Phi) is 16.0. The van der Waals surface area contributed by atoms with Gasteiger partial charge in [0, 0.05) is 36.9 Å². The Hall–Kier alpha value is -4.66. The van der Waals surface area contributed by atoms with E-state index in [2.05, 4.69) is 31.6 Å². The van der Waals surface area contributed by atoms with Crippen LogP contribution in [0.15, 0.2) is 46.9 Å². The average molecular weight is 835 g/mol. The van der Waals surface area contributed by atoms with Crippen LogP contribution in [-0.2, 0) is 28.8 Å². The number of amides is 5. The monoisotopic (exact) mass is 834 g/mol. The lowest BCUT2D eigenvalue weighted by atomic mass is 9.82. The maximum atomic E-state index is 14.8. The molecule has 4 rings (SSSR count). The van der Waals surface area contributed by atoms with E-state index in [1.165, 1.54) is 11.3 Å². The number of amidine groups is 1. The molecule has 1 fully saturated rings. The molecule has 5 amide bonds. The molecule has 1 saturated heterocycles. The molecule has 2 aliphatic rings. The van der Waals surface area contributed by atoms with Crippen LogP contribution in [0.2, 0.25) is 0 Å². The molecule has 0 bridgehead atoms. The van der Waals surface area contributed by atoms with Crippen LogP contribution in [0.3, 0.4) is 0 Å². The molecule has 2 aliphatic heterocycles. The molecular weight excluding hydrogens is 769 g/mol. The predicted molar refractivity (Wildman–Crippen MR) is 230 cm³/mol. The van der Waals surface area contributed by atoms with Gasteiger partial charge in [-0.05, 0) is 41.1 Å². The first-order valence-corrected chi connectivity index (χ1v) is 21.8. The van der Waals surface area contributed by atoms with Crippen molar-refractivity contribution < 1.29 is 28.8 Å². The molecule has 324 valence electrons. The molecule has 14 nitrogen and oxygen atoms in total. The van der Waals surface area contributed by atoms with Gasteiger partial charge in [-0.15, -0.1) is 11.3 Å². The van der Waals surface area contributed by atoms with Crippen molar-refractivity contribution in [2.45, 2.75) is 144 Å². The topological polar surface area (TPSA) is 191 Å². The number of rotatable bonds is 13. The highest BCUT2D eigenvalue weighted by atomic mass is 32.1. The van der Waals surface area contributed by atoms with Crippen LogP contribution < -0.4 is 26.6 Å². The summed E-state index contributed by atoms with van der Waals surface area (Å²) in [6.45, 7) is 20.9. The Labute approximate surface area is 353 Å². The average Bonchev–Trinajstić information content (AvgIpc) is 3.84. The molecule has 0 saturated carbocycles. The van der Waals surface area contributed by atoms with Gasteiger partial charge in [0.05, 0.1) is 12.1 Å². The van der Waals surface area contributed by atoms with Crippen molar-refractivity contribution in [1.82, 2.24) is 36.5 Å². The van der Waals surface area contributed by atoms with E-state index in [0.717, 1.165) is 5.56 Å². The summed E-state index contributed by atoms with van der Waals surface area (Å²) in [6.07, 6.45) is 3.37. The lowest BCUT2D eigenvalue weighted by Gasteiger charge is -2.39. The van der Waals surface area contributed by atoms with E-state index in [1.54, 1.807) is 16.5 Å². The second-order valence-corrected chi connectivity index (χ2v) is 19.5. The van der Waals surface area contributed by atoms with Crippen LogP contribution in [0.4, 0.5) is 0 Å². The normalized spacial score (nSPS) is 22.7. The molecule has 1 aromatic carbocycles. The summed E-state index contributed by atoms with van der Waals surface area (Å²) in [5.41, 5.74) is -0.655. The fourth-order valence-corrected chi connectivity index (χ4v) is 8.38. The predicted octanol–water partition coefficient (Wildman–Crippen LogP) is 4.67. The number of benzene rings is 1. The van der Waals surface area contributed by atoms with Gasteiger partial charge in [-0.2, -0.15) is 0 Å². The van der Waals surface area contributed by atoms with Gasteiger partial charge in [0.1, 0.15) is 47.3 Å². The van der Waals surface area contributed by atoms with E-state index in [1.807, 2.05) is 106 Å². The number of Topliss-reactive ketones (excluding diaryl/α,β-unsaturated/α-hetero) is 1. The highest BCUT2D eigenvalue weighted by Gasteiger charge is 2.44. The largest absolute Gasteiger partial charge is 0.360 e. The SMILES string of the molecule is CCCC(=O)C[C@@H](NC(=O)[C@@H](NC(=O)[C@@H](NC1=NCC(=O)N2CC[C@@H](C)[C@H]2C(=O)N[C@@H](C(C)C)C(=O)N[C@H]1C(C)(C)C)C(C)(C)C)[C@@H](C)c1ccccc1)c1nccs1. The van der Waals surface area contributed by atoms with Crippen molar-refractivity contribution in [2.75, 3.05) is 13.1 Å². The lowest BCUT2D eigenvalue weighted by molar-refractivity contribution is -0.140. The minimum Gasteiger partial charge on any atom is -0.360 e. The summed E-state index contributed by atoms with van der Waals surface area (Å²) in [4.78, 5) is 94.6. The van der Waals surface area contributed by atoms with Crippen molar-refractivity contribution in [2.24, 2.45) is 27.7 Å². The third-order valence-corrected chi connectivity index (χ3v) is 12.1. The number of hydrogen-bond acceptors (Lipinski definition) is 10. The van der Waals surface area contributed by atoms with Crippen LogP contribution >= 0.6 is 11.3 Å². The van der Waals surface area contributed by atoms with Crippen molar-refractivity contribution in [3.8, 4) is 0 Å². The number of nitrogens with one attached hydrogen (secondary N) is 5. The number of ketones is 1. The fraction of sp³-hybridized carbons (Fsp3) is 0.636. The van der Waals surface area contributed by atoms with Gasteiger partial charge in [-0.25, -0.2) is 4.98 Å². The summed E-state index contributed by atoms with van der Waals surface area (Å²) in [7, 11) is 0. The summed E-state index contributed by atoms with van der Waals surface area (Å²) >= 11 is 1.34. The van der Waals surface area contributed by atoms with Gasteiger partial charge in [-0.3, -0.25) is 33.8 Å². The quantitative estimate of drug-likeness (QED) is 0.192. The summed E-state index contributed by atoms with van der Waals surface area (Å²) in [5, 5.41) is 17.9. The van der Waals surface area contributed by atoms with Crippen molar-refractivity contribution in [3.05, 3.63) is 52.5 Å². The Bertz CT molecular complexity index is 1820. The van der Waals surface area contributed by atoms with Gasteiger partial charge >= 0.3 is 0 Å². The highest BCUT2D eigenvalue weighted by molar-refractivity contribution is 7.09. The fourth-order valence-electron chi connectivity index (χ4n) is 7.69. The van der Waals surface area contributed by atoms with E-state index in [9.17, 15) is 28.8 Å². The number of carbonyl (C=O) groups excluding carboxylic acids is 6. The van der Waals surface area contributed by atoms with Crippen LogP contribution in [0.5, 0.6) is 0 Å². The molecule has 5 N–H and O–H groups in total. The molecule has 3 heterocycles. The maximum absolute atomic E-state index is 14.8. The Morgan fingerprint density at radius 2 is 1.63 bits per heavy atom. The van der Waals surface area contributed by atoms with Crippen LogP contribution in [0.1, 0.15) is 124 Å². The minimum absolute atomic E-state index is 0.00433. The van der Waals surface area contributed by atoms with E-state index in [4.69, 9.17) is 4.99 Å². The molecule has 8 atom stereocenters. The van der Waals surface area contributed by atoms with Gasteiger partial charge in [-0.1, -0.05) is 106 Å². The van der Waals surface area contributed by atoms with E-state index >= 15 is 0 Å². The first-order chi connectivity index (χ1) is 27.6. The Morgan fingerprint density at radius 1 is 0.949 bits per heavy atom. The minimum atomic E-state index is -1.08. The number of hydrogen-bond donors (Lipinski definition) is 5. The number of thiazole rings is 1. The van der Waals surface area contributed by atoms with Crippen molar-refractivity contribution in [1.29, 1.82) is 0 Å². The van der Waals surface area contributed by atoms with Crippen LogP contribution in [0, 0.1) is 22.7 Å². The van der Waals surface area contributed by atoms with E-state index in [0.29, 0.717) is 30.8 Å². The number of fused-ring (bicyclic) bond motifs is 1. The van der Waals surface area contributed by atoms with Crippen LogP contribution in [-0.4, -0.2) is 94.3 Å². The first kappa shape index (κ1) is 47.0. The van der Waals surface area contributed by atoms with Gasteiger partial charge in [0.25, 0.3) is 0 Å². The Balaban J connectivity index is 1.75. The molecule has 0 radical (unpaired) electrons. The second-order valence-electron chi connectivity index (χ2n) is 18.6. The van der Waals surface area contributed by atoms with Crippen molar-refractivity contribution in [3.63, 3.8) is 0 Å². The van der Waals surface area contributed by atoms with E-state index < -0.39 is 70.7 Å². The molecule has 59 heavy (non-hydrogen) atoms. The third kappa shape index (κ3) is 12.2. The summed E-state index contributed by atoms with van der Waals surface area (Å²) < 4.78 is 0. The zero-order valence-electron chi connectivity index (χ0n) is 36.7.